The van der Waals surface area contributed by atoms with E-state index in [4.69, 9.17) is 10.2 Å². The lowest BCUT2D eigenvalue weighted by Gasteiger charge is -2.20. The van der Waals surface area contributed by atoms with Crippen molar-refractivity contribution in [2.75, 3.05) is 13.7 Å². The van der Waals surface area contributed by atoms with Gasteiger partial charge in [0.15, 0.2) is 5.76 Å². The molecule has 0 bridgehead atoms. The highest BCUT2D eigenvalue weighted by atomic mass is 16.5. The summed E-state index contributed by atoms with van der Waals surface area (Å²) >= 11 is 0. The van der Waals surface area contributed by atoms with E-state index >= 15 is 0 Å². The number of hydrogen-bond acceptors (Lipinski definition) is 4. The van der Waals surface area contributed by atoms with E-state index in [-0.39, 0.29) is 23.6 Å². The van der Waals surface area contributed by atoms with E-state index in [1.807, 2.05) is 25.1 Å². The third-order valence-corrected chi connectivity index (χ3v) is 4.26. The molecule has 0 aliphatic heterocycles. The second-order valence-electron chi connectivity index (χ2n) is 7.01. The molecule has 1 rings (SSSR count). The number of carbonyl (C=O) groups is 3. The average Bonchev–Trinajstić information content (AvgIpc) is 2.68. The van der Waals surface area contributed by atoms with Gasteiger partial charge in [-0.1, -0.05) is 50.6 Å². The largest absolute Gasteiger partial charge is 0.490 e. The monoisotopic (exact) mass is 422 g/mol. The molecule has 0 radical (unpaired) electrons. The number of amides is 2. The Hall–Kier alpha value is -3.03. The second-order valence-corrected chi connectivity index (χ2v) is 7.01. The van der Waals surface area contributed by atoms with Crippen LogP contribution in [-0.2, 0) is 20.7 Å². The molecule has 2 amide bonds. The number of rotatable bonds is 12. The summed E-state index contributed by atoms with van der Waals surface area (Å²) in [5.41, 5.74) is 1.23. The molecule has 8 nitrogen and oxygen atoms in total. The minimum atomic E-state index is -1.12. The predicted molar refractivity (Wildman–Crippen MR) is 115 cm³/mol. The van der Waals surface area contributed by atoms with Crippen LogP contribution in [0, 0.1) is 5.92 Å². The molecule has 0 aliphatic carbocycles. The summed E-state index contributed by atoms with van der Waals surface area (Å²) in [5.74, 6) is -1.16. The van der Waals surface area contributed by atoms with Gasteiger partial charge in [-0.25, -0.2) is 9.59 Å². The third-order valence-electron chi connectivity index (χ3n) is 4.26. The van der Waals surface area contributed by atoms with Crippen LogP contribution >= 0.6 is 0 Å². The Balaban J connectivity index is 0.00000103. The zero-order valence-electron chi connectivity index (χ0n) is 18.0. The maximum atomic E-state index is 12.2. The van der Waals surface area contributed by atoms with E-state index in [1.54, 1.807) is 0 Å². The molecule has 30 heavy (non-hydrogen) atoms. The van der Waals surface area contributed by atoms with E-state index in [0.717, 1.165) is 19.3 Å². The Labute approximate surface area is 178 Å². The lowest BCUT2D eigenvalue weighted by Crippen LogP contribution is -2.37. The standard InChI is InChI=1S/C18H28N2O3.C4H6O3/c1-3-7-16(13-15-8-5-4-6-9-15)20-17(21)12-14(2)10-11-19-18(22)23;1-3(7-2)4(5)6/h4-6,8-9,14,16,19H,3,7,10-13H2,1-2H3,(H,20,21)(H,22,23);1H2,2H3,(H,5,6)/t14?,16-;/m0./s1. The number of methoxy groups -OCH3 is 1. The normalized spacial score (nSPS) is 11.8. The van der Waals surface area contributed by atoms with Crippen LogP contribution in [0.25, 0.3) is 0 Å². The number of benzene rings is 1. The first-order valence-electron chi connectivity index (χ1n) is 9.95. The van der Waals surface area contributed by atoms with Crippen LogP contribution in [0.1, 0.15) is 45.1 Å². The topological polar surface area (TPSA) is 125 Å². The molecule has 168 valence electrons. The van der Waals surface area contributed by atoms with E-state index in [0.29, 0.717) is 19.4 Å². The molecule has 0 aliphatic rings. The summed E-state index contributed by atoms with van der Waals surface area (Å²) < 4.78 is 4.22. The highest BCUT2D eigenvalue weighted by Crippen LogP contribution is 2.10. The van der Waals surface area contributed by atoms with Gasteiger partial charge >= 0.3 is 12.1 Å². The number of carbonyl (C=O) groups excluding carboxylic acids is 1. The molecular formula is C22H34N2O6. The van der Waals surface area contributed by atoms with Gasteiger partial charge in [-0.2, -0.15) is 0 Å². The van der Waals surface area contributed by atoms with Gasteiger partial charge < -0.3 is 25.6 Å². The summed E-state index contributed by atoms with van der Waals surface area (Å²) in [6, 6.07) is 10.3. The highest BCUT2D eigenvalue weighted by Gasteiger charge is 2.15. The van der Waals surface area contributed by atoms with Crippen molar-refractivity contribution >= 4 is 18.0 Å². The van der Waals surface area contributed by atoms with Crippen molar-refractivity contribution in [3.05, 3.63) is 48.2 Å². The van der Waals surface area contributed by atoms with Crippen LogP contribution in [0.2, 0.25) is 0 Å². The van der Waals surface area contributed by atoms with Gasteiger partial charge in [-0.15, -0.1) is 0 Å². The van der Waals surface area contributed by atoms with Crippen molar-refractivity contribution in [2.45, 2.75) is 52.0 Å². The van der Waals surface area contributed by atoms with Gasteiger partial charge in [-0.05, 0) is 37.3 Å². The average molecular weight is 423 g/mol. The van der Waals surface area contributed by atoms with E-state index in [9.17, 15) is 14.4 Å². The molecule has 0 saturated carbocycles. The minimum Gasteiger partial charge on any atom is -0.490 e. The number of nitrogens with one attached hydrogen (secondary N) is 2. The molecular weight excluding hydrogens is 388 g/mol. The summed E-state index contributed by atoms with van der Waals surface area (Å²) in [6.45, 7) is 7.51. The quantitative estimate of drug-likeness (QED) is 0.302. The number of carboxylic acids is 1. The van der Waals surface area contributed by atoms with E-state index in [1.165, 1.54) is 12.7 Å². The highest BCUT2D eigenvalue weighted by molar-refractivity contribution is 5.83. The number of aliphatic carboxylic acids is 1. The molecule has 1 unspecified atom stereocenters. The smallest absolute Gasteiger partial charge is 0.404 e. The molecule has 8 heteroatoms. The Bertz CT molecular complexity index is 663. The Kier molecular flexibility index (Phi) is 14.2. The molecule has 2 atom stereocenters. The lowest BCUT2D eigenvalue weighted by atomic mass is 10.00. The van der Waals surface area contributed by atoms with E-state index < -0.39 is 12.1 Å². The molecule has 0 aromatic heterocycles. The van der Waals surface area contributed by atoms with Crippen LogP contribution in [0.15, 0.2) is 42.7 Å². The first kappa shape index (κ1) is 27.0. The van der Waals surface area contributed by atoms with Crippen molar-refractivity contribution in [1.82, 2.24) is 10.6 Å². The van der Waals surface area contributed by atoms with Gasteiger partial charge in [0.2, 0.25) is 5.91 Å². The van der Waals surface area contributed by atoms with Crippen molar-refractivity contribution in [2.24, 2.45) is 5.92 Å². The first-order valence-corrected chi connectivity index (χ1v) is 9.95. The Morgan fingerprint density at radius 2 is 1.77 bits per heavy atom. The number of ether oxygens (including phenoxy) is 1. The Morgan fingerprint density at radius 3 is 2.23 bits per heavy atom. The van der Waals surface area contributed by atoms with Crippen LogP contribution in [0.3, 0.4) is 0 Å². The fraction of sp³-hybridized carbons (Fsp3) is 0.500. The molecule has 1 aromatic carbocycles. The van der Waals surface area contributed by atoms with Gasteiger partial charge in [0.1, 0.15) is 0 Å². The van der Waals surface area contributed by atoms with Crippen LogP contribution in [0.5, 0.6) is 0 Å². The summed E-state index contributed by atoms with van der Waals surface area (Å²) in [6.07, 6.45) is 2.89. The van der Waals surface area contributed by atoms with Crippen molar-refractivity contribution in [3.63, 3.8) is 0 Å². The fourth-order valence-corrected chi connectivity index (χ4v) is 2.69. The predicted octanol–water partition coefficient (Wildman–Crippen LogP) is 3.43. The van der Waals surface area contributed by atoms with Crippen LogP contribution in [0.4, 0.5) is 4.79 Å². The van der Waals surface area contributed by atoms with Crippen molar-refractivity contribution in [1.29, 1.82) is 0 Å². The van der Waals surface area contributed by atoms with Gasteiger partial charge in [0.05, 0.1) is 7.11 Å². The van der Waals surface area contributed by atoms with E-state index in [2.05, 4.69) is 41.0 Å². The minimum absolute atomic E-state index is 0.0437. The zero-order chi connectivity index (χ0) is 22.9. The van der Waals surface area contributed by atoms with Gasteiger partial charge in [0, 0.05) is 19.0 Å². The Morgan fingerprint density at radius 1 is 1.13 bits per heavy atom. The molecule has 4 N–H and O–H groups in total. The molecule has 0 saturated heterocycles. The number of hydrogen-bond donors (Lipinski definition) is 4. The van der Waals surface area contributed by atoms with Gasteiger partial charge in [-0.3, -0.25) is 4.79 Å². The van der Waals surface area contributed by atoms with Gasteiger partial charge in [0.25, 0.3) is 0 Å². The lowest BCUT2D eigenvalue weighted by molar-refractivity contribution is -0.136. The fourth-order valence-electron chi connectivity index (χ4n) is 2.69. The molecule has 0 heterocycles. The molecule has 0 fully saturated rings. The molecule has 0 spiro atoms. The molecule has 1 aromatic rings. The SMILES string of the molecule is C=C(OC)C(=O)O.CCC[C@@H](Cc1ccccc1)NC(=O)CC(C)CCNC(=O)O. The second kappa shape index (κ2) is 15.8. The third kappa shape index (κ3) is 14.0. The summed E-state index contributed by atoms with van der Waals surface area (Å²) in [5, 5.41) is 21.9. The van der Waals surface area contributed by atoms with Crippen LogP contribution < -0.4 is 10.6 Å². The van der Waals surface area contributed by atoms with Crippen molar-refractivity contribution < 1.29 is 29.3 Å². The zero-order valence-corrected chi connectivity index (χ0v) is 18.0. The number of carboxylic acid groups (broad SMARTS) is 2. The van der Waals surface area contributed by atoms with Crippen molar-refractivity contribution in [3.8, 4) is 0 Å². The van der Waals surface area contributed by atoms with Crippen LogP contribution in [-0.4, -0.2) is 47.9 Å². The first-order chi connectivity index (χ1) is 14.2. The summed E-state index contributed by atoms with van der Waals surface area (Å²) in [4.78, 5) is 32.3. The maximum Gasteiger partial charge on any atom is 0.404 e. The summed E-state index contributed by atoms with van der Waals surface area (Å²) in [7, 11) is 1.26. The maximum absolute atomic E-state index is 12.2.